The molecule has 0 saturated carbocycles. The molecular weight excluding hydrogens is 238 g/mol. The predicted molar refractivity (Wildman–Crippen MR) is 66.4 cm³/mol. The predicted octanol–water partition coefficient (Wildman–Crippen LogP) is 1.34. The molecule has 0 radical (unpaired) electrons. The van der Waals surface area contributed by atoms with E-state index in [9.17, 15) is 0 Å². The summed E-state index contributed by atoms with van der Waals surface area (Å²) in [5.41, 5.74) is 4.23. The Morgan fingerprint density at radius 3 is 2.82 bits per heavy atom. The molecule has 2 rings (SSSR count). The maximum atomic E-state index is 5.37. The van der Waals surface area contributed by atoms with Crippen molar-refractivity contribution < 1.29 is 4.74 Å². The molecule has 90 valence electrons. The second kappa shape index (κ2) is 5.17. The van der Waals surface area contributed by atoms with Crippen LogP contribution in [0.1, 0.15) is 11.4 Å². The van der Waals surface area contributed by atoms with Crippen LogP contribution in [0.5, 0.6) is 0 Å². The Balaban J connectivity index is 2.42. The van der Waals surface area contributed by atoms with Crippen LogP contribution in [0.2, 0.25) is 0 Å². The van der Waals surface area contributed by atoms with Gasteiger partial charge in [-0.25, -0.2) is 20.8 Å². The molecule has 3 N–H and O–H groups in total. The number of aryl methyl sites for hydroxylation is 1. The minimum absolute atomic E-state index is 0.411. The highest BCUT2D eigenvalue weighted by Crippen LogP contribution is 2.21. The number of hydrogen-bond donors (Lipinski definition) is 2. The summed E-state index contributed by atoms with van der Waals surface area (Å²) in [6.45, 7) is 2.34. The van der Waals surface area contributed by atoms with E-state index in [4.69, 9.17) is 10.6 Å². The van der Waals surface area contributed by atoms with Crippen LogP contribution in [0, 0.1) is 6.92 Å². The van der Waals surface area contributed by atoms with Gasteiger partial charge in [-0.3, -0.25) is 0 Å². The molecule has 0 amide bonds. The number of hydrogen-bond acceptors (Lipinski definition) is 7. The van der Waals surface area contributed by atoms with Crippen molar-refractivity contribution in [2.75, 3.05) is 12.5 Å². The number of anilines is 1. The van der Waals surface area contributed by atoms with Crippen LogP contribution >= 0.6 is 11.3 Å². The summed E-state index contributed by atoms with van der Waals surface area (Å²) in [5, 5.41) is 2.73. The molecular formula is C10H13N5OS. The topological polar surface area (TPSA) is 86.0 Å². The lowest BCUT2D eigenvalue weighted by Crippen LogP contribution is -2.10. The molecule has 0 aliphatic carbocycles. The fraction of sp³-hybridized carbons (Fsp3) is 0.300. The summed E-state index contributed by atoms with van der Waals surface area (Å²) in [6, 6.07) is 1.74. The molecule has 2 aromatic heterocycles. The van der Waals surface area contributed by atoms with E-state index in [1.54, 1.807) is 13.2 Å². The van der Waals surface area contributed by atoms with Gasteiger partial charge in [-0.1, -0.05) is 0 Å². The van der Waals surface area contributed by atoms with E-state index in [0.717, 1.165) is 16.4 Å². The normalized spacial score (nSPS) is 10.5. The van der Waals surface area contributed by atoms with E-state index in [0.29, 0.717) is 18.2 Å². The smallest absolute Gasteiger partial charge is 0.191 e. The fourth-order valence-corrected chi connectivity index (χ4v) is 2.07. The minimum atomic E-state index is 0.411. The molecule has 2 heterocycles. The molecule has 0 bridgehead atoms. The van der Waals surface area contributed by atoms with Gasteiger partial charge >= 0.3 is 0 Å². The number of thiazole rings is 1. The van der Waals surface area contributed by atoms with Crippen molar-refractivity contribution >= 4 is 17.2 Å². The van der Waals surface area contributed by atoms with Crippen molar-refractivity contribution in [1.82, 2.24) is 15.0 Å². The average molecular weight is 251 g/mol. The molecule has 2 aromatic rings. The molecule has 0 atom stereocenters. The quantitative estimate of drug-likeness (QED) is 0.630. The first kappa shape index (κ1) is 11.9. The zero-order valence-corrected chi connectivity index (χ0v) is 10.4. The van der Waals surface area contributed by atoms with Crippen LogP contribution in [-0.4, -0.2) is 22.1 Å². The number of hydrazine groups is 1. The van der Waals surface area contributed by atoms with E-state index in [1.807, 2.05) is 12.3 Å². The van der Waals surface area contributed by atoms with Crippen molar-refractivity contribution in [3.05, 3.63) is 22.8 Å². The minimum Gasteiger partial charge on any atom is -0.378 e. The Bertz CT molecular complexity index is 513. The largest absolute Gasteiger partial charge is 0.378 e. The summed E-state index contributed by atoms with van der Waals surface area (Å²) in [5.74, 6) is 6.48. The number of methoxy groups -OCH3 is 1. The zero-order chi connectivity index (χ0) is 12.3. The molecule has 7 heteroatoms. The Labute approximate surface area is 103 Å². The first-order chi connectivity index (χ1) is 8.22. The Morgan fingerprint density at radius 1 is 1.41 bits per heavy atom. The van der Waals surface area contributed by atoms with Crippen molar-refractivity contribution in [3.8, 4) is 10.8 Å². The number of rotatable bonds is 4. The van der Waals surface area contributed by atoms with Crippen molar-refractivity contribution in [2.45, 2.75) is 13.5 Å². The van der Waals surface area contributed by atoms with Gasteiger partial charge < -0.3 is 10.2 Å². The van der Waals surface area contributed by atoms with Crippen LogP contribution in [0.3, 0.4) is 0 Å². The van der Waals surface area contributed by atoms with Gasteiger partial charge in [0, 0.05) is 24.3 Å². The lowest BCUT2D eigenvalue weighted by molar-refractivity contribution is 0.181. The molecule has 0 saturated heterocycles. The highest BCUT2D eigenvalue weighted by molar-refractivity contribution is 7.13. The zero-order valence-electron chi connectivity index (χ0n) is 9.60. The summed E-state index contributed by atoms with van der Waals surface area (Å²) < 4.78 is 5.05. The molecule has 0 aromatic carbocycles. The lowest BCUT2D eigenvalue weighted by Gasteiger charge is -2.05. The van der Waals surface area contributed by atoms with Crippen LogP contribution in [0.4, 0.5) is 5.82 Å². The SMILES string of the molecule is COCc1cc(NN)nc(-c2nc(C)cs2)n1. The third-order valence-corrected chi connectivity index (χ3v) is 2.99. The number of nitrogens with two attached hydrogens (primary N) is 1. The van der Waals surface area contributed by atoms with Gasteiger partial charge in [0.05, 0.1) is 12.3 Å². The third kappa shape index (κ3) is 2.76. The Morgan fingerprint density at radius 2 is 2.24 bits per heavy atom. The maximum Gasteiger partial charge on any atom is 0.191 e. The fourth-order valence-electron chi connectivity index (χ4n) is 1.35. The number of nitrogens with zero attached hydrogens (tertiary/aromatic N) is 3. The molecule has 0 aliphatic heterocycles. The van der Waals surface area contributed by atoms with Crippen LogP contribution in [0.25, 0.3) is 10.8 Å². The first-order valence-electron chi connectivity index (χ1n) is 4.99. The van der Waals surface area contributed by atoms with Gasteiger partial charge in [0.15, 0.2) is 10.8 Å². The molecule has 0 aliphatic rings. The van der Waals surface area contributed by atoms with Gasteiger partial charge in [0.2, 0.25) is 0 Å². The molecule has 0 fully saturated rings. The van der Waals surface area contributed by atoms with Crippen molar-refractivity contribution in [1.29, 1.82) is 0 Å². The standard InChI is InChI=1S/C10H13N5OS/c1-6-5-17-10(12-6)9-13-7(4-16-2)3-8(14-9)15-11/h3,5H,4,11H2,1-2H3,(H,13,14,15). The highest BCUT2D eigenvalue weighted by Gasteiger charge is 2.09. The molecule has 0 unspecified atom stereocenters. The van der Waals surface area contributed by atoms with E-state index in [1.165, 1.54) is 11.3 Å². The van der Waals surface area contributed by atoms with Gasteiger partial charge in [-0.05, 0) is 6.92 Å². The summed E-state index contributed by atoms with van der Waals surface area (Å²) >= 11 is 1.50. The molecule has 6 nitrogen and oxygen atoms in total. The van der Waals surface area contributed by atoms with Crippen LogP contribution < -0.4 is 11.3 Å². The number of ether oxygens (including phenoxy) is 1. The van der Waals surface area contributed by atoms with Gasteiger partial charge in [0.1, 0.15) is 5.82 Å². The van der Waals surface area contributed by atoms with Gasteiger partial charge in [-0.15, -0.1) is 11.3 Å². The van der Waals surface area contributed by atoms with E-state index in [2.05, 4.69) is 20.4 Å². The van der Waals surface area contributed by atoms with Crippen molar-refractivity contribution in [3.63, 3.8) is 0 Å². The lowest BCUT2D eigenvalue weighted by atomic mass is 10.4. The summed E-state index contributed by atoms with van der Waals surface area (Å²) in [6.07, 6.45) is 0. The highest BCUT2D eigenvalue weighted by atomic mass is 32.1. The van der Waals surface area contributed by atoms with Crippen molar-refractivity contribution in [2.24, 2.45) is 5.84 Å². The number of nitrogens with one attached hydrogen (secondary N) is 1. The maximum absolute atomic E-state index is 5.37. The van der Waals surface area contributed by atoms with E-state index in [-0.39, 0.29) is 0 Å². The first-order valence-corrected chi connectivity index (χ1v) is 5.87. The monoisotopic (exact) mass is 251 g/mol. The van der Waals surface area contributed by atoms with Crippen LogP contribution in [-0.2, 0) is 11.3 Å². The molecule has 17 heavy (non-hydrogen) atoms. The Kier molecular flexibility index (Phi) is 3.62. The van der Waals surface area contributed by atoms with E-state index >= 15 is 0 Å². The number of aromatic nitrogens is 3. The third-order valence-electron chi connectivity index (χ3n) is 2.03. The number of nitrogen functional groups attached to an aromatic ring is 1. The summed E-state index contributed by atoms with van der Waals surface area (Å²) in [4.78, 5) is 13.0. The van der Waals surface area contributed by atoms with E-state index < -0.39 is 0 Å². The van der Waals surface area contributed by atoms with Crippen LogP contribution in [0.15, 0.2) is 11.4 Å². The van der Waals surface area contributed by atoms with Gasteiger partial charge in [0.25, 0.3) is 0 Å². The average Bonchev–Trinajstić information content (AvgIpc) is 2.76. The molecule has 0 spiro atoms. The Hall–Kier alpha value is -1.57. The summed E-state index contributed by atoms with van der Waals surface area (Å²) in [7, 11) is 1.62. The second-order valence-electron chi connectivity index (χ2n) is 3.44. The second-order valence-corrected chi connectivity index (χ2v) is 4.30. The van der Waals surface area contributed by atoms with Gasteiger partial charge in [-0.2, -0.15) is 0 Å².